The summed E-state index contributed by atoms with van der Waals surface area (Å²) in [6, 6.07) is 19.8. The minimum atomic E-state index is -0.474. The minimum Gasteiger partial charge on any atom is -0.497 e. The first-order valence-electron chi connectivity index (χ1n) is 13.2. The first-order valence-corrected chi connectivity index (χ1v) is 13.2. The number of aromatic nitrogens is 1. The maximum atomic E-state index is 13.1. The lowest BCUT2D eigenvalue weighted by atomic mass is 9.74. The summed E-state index contributed by atoms with van der Waals surface area (Å²) in [4.78, 5) is 28.3. The van der Waals surface area contributed by atoms with Gasteiger partial charge in [-0.3, -0.25) is 9.59 Å². The molecule has 6 heteroatoms. The third-order valence-electron chi connectivity index (χ3n) is 7.54. The van der Waals surface area contributed by atoms with Crippen LogP contribution in [-0.2, 0) is 22.5 Å². The van der Waals surface area contributed by atoms with Crippen molar-refractivity contribution >= 4 is 16.9 Å². The fraction of sp³-hybridized carbons (Fsp3) is 0.467. The van der Waals surface area contributed by atoms with Crippen molar-refractivity contribution in [1.29, 1.82) is 0 Å². The van der Waals surface area contributed by atoms with Crippen LogP contribution < -0.4 is 10.3 Å². The Morgan fingerprint density at radius 3 is 2.44 bits per heavy atom. The molecule has 3 aromatic rings. The molecule has 0 spiro atoms. The lowest BCUT2D eigenvalue weighted by Crippen LogP contribution is -2.45. The quantitative estimate of drug-likeness (QED) is 0.351. The van der Waals surface area contributed by atoms with Gasteiger partial charge in [-0.15, -0.1) is 0 Å². The third-order valence-corrected chi connectivity index (χ3v) is 7.54. The molecule has 0 unspecified atom stereocenters. The lowest BCUT2D eigenvalue weighted by Gasteiger charge is -2.40. The molecule has 192 valence electrons. The smallest absolute Gasteiger partial charge is 0.312 e. The summed E-state index contributed by atoms with van der Waals surface area (Å²) in [6.45, 7) is 5.67. The molecule has 0 saturated carbocycles. The number of ether oxygens (including phenoxy) is 2. The summed E-state index contributed by atoms with van der Waals surface area (Å²) in [7, 11) is 1.63. The molecule has 36 heavy (non-hydrogen) atoms. The molecular formula is C30H38N2O4. The summed E-state index contributed by atoms with van der Waals surface area (Å²) in [5, 5.41) is 0.999. The molecule has 1 aliphatic rings. The summed E-state index contributed by atoms with van der Waals surface area (Å²) in [5.74, 6) is 0.644. The van der Waals surface area contributed by atoms with Crippen LogP contribution in [0.15, 0.2) is 65.5 Å². The molecule has 0 bridgehead atoms. The molecule has 1 saturated heterocycles. The molecule has 2 heterocycles. The molecule has 1 aliphatic heterocycles. The zero-order valence-corrected chi connectivity index (χ0v) is 21.6. The van der Waals surface area contributed by atoms with Gasteiger partial charge in [0, 0.05) is 18.7 Å². The van der Waals surface area contributed by atoms with Gasteiger partial charge >= 0.3 is 5.97 Å². The number of benzene rings is 2. The van der Waals surface area contributed by atoms with E-state index in [1.807, 2.05) is 31.2 Å². The second-order valence-electron chi connectivity index (χ2n) is 9.78. The molecule has 0 radical (unpaired) electrons. The number of pyridine rings is 1. The maximum Gasteiger partial charge on any atom is 0.312 e. The predicted octanol–water partition coefficient (Wildman–Crippen LogP) is 5.07. The van der Waals surface area contributed by atoms with Gasteiger partial charge in [-0.2, -0.15) is 0 Å². The number of esters is 1. The normalized spacial score (nSPS) is 15.6. The number of likely N-dealkylation sites (tertiary alicyclic amines) is 1. The van der Waals surface area contributed by atoms with Gasteiger partial charge in [-0.25, -0.2) is 0 Å². The standard InChI is InChI=1S/C30H38N2O4/c1-3-36-29(34)30(17-21-31(22-18-30)19-7-11-24-9-5-4-6-10-24)16-8-20-32-27-23-26(35-2)14-12-25(27)13-15-28(32)33/h4-6,9-10,12-15,23H,3,7-8,11,16-22H2,1-2H3. The Morgan fingerprint density at radius 2 is 1.72 bits per heavy atom. The van der Waals surface area contributed by atoms with Crippen molar-refractivity contribution in [2.75, 3.05) is 33.4 Å². The van der Waals surface area contributed by atoms with E-state index in [2.05, 4.69) is 35.2 Å². The van der Waals surface area contributed by atoms with Gasteiger partial charge in [0.05, 0.1) is 24.6 Å². The topological polar surface area (TPSA) is 60.8 Å². The van der Waals surface area contributed by atoms with Crippen molar-refractivity contribution in [1.82, 2.24) is 9.47 Å². The minimum absolute atomic E-state index is 0.0332. The van der Waals surface area contributed by atoms with Gasteiger partial charge in [0.2, 0.25) is 0 Å². The van der Waals surface area contributed by atoms with Crippen LogP contribution in [0.2, 0.25) is 0 Å². The fourth-order valence-electron chi connectivity index (χ4n) is 5.40. The highest BCUT2D eigenvalue weighted by Crippen LogP contribution is 2.38. The second-order valence-corrected chi connectivity index (χ2v) is 9.78. The molecule has 6 nitrogen and oxygen atoms in total. The van der Waals surface area contributed by atoms with Gasteiger partial charge in [0.1, 0.15) is 5.75 Å². The number of carbonyl (C=O) groups excluding carboxylic acids is 1. The summed E-state index contributed by atoms with van der Waals surface area (Å²) < 4.78 is 12.7. The van der Waals surface area contributed by atoms with Gasteiger partial charge in [-0.05, 0) is 94.2 Å². The highest BCUT2D eigenvalue weighted by atomic mass is 16.5. The molecule has 2 aromatic carbocycles. The fourth-order valence-corrected chi connectivity index (χ4v) is 5.40. The van der Waals surface area contributed by atoms with E-state index in [4.69, 9.17) is 9.47 Å². The van der Waals surface area contributed by atoms with Crippen molar-refractivity contribution < 1.29 is 14.3 Å². The van der Waals surface area contributed by atoms with E-state index in [1.54, 1.807) is 17.7 Å². The molecule has 0 N–H and O–H groups in total. The Balaban J connectivity index is 1.38. The average molecular weight is 491 g/mol. The van der Waals surface area contributed by atoms with Gasteiger partial charge in [-0.1, -0.05) is 30.3 Å². The number of hydrogen-bond acceptors (Lipinski definition) is 5. The van der Waals surface area contributed by atoms with Crippen LogP contribution in [0.1, 0.15) is 44.6 Å². The highest BCUT2D eigenvalue weighted by Gasteiger charge is 2.42. The van der Waals surface area contributed by atoms with Crippen LogP contribution in [-0.4, -0.2) is 48.8 Å². The third kappa shape index (κ3) is 6.16. The molecule has 1 fully saturated rings. The number of carbonyl (C=O) groups is 1. The van der Waals surface area contributed by atoms with E-state index in [0.29, 0.717) is 13.2 Å². The second kappa shape index (κ2) is 12.2. The Hall–Kier alpha value is -3.12. The molecule has 0 atom stereocenters. The van der Waals surface area contributed by atoms with Crippen LogP contribution in [0.25, 0.3) is 10.9 Å². The van der Waals surface area contributed by atoms with E-state index >= 15 is 0 Å². The SMILES string of the molecule is CCOC(=O)C1(CCCn2c(=O)ccc3ccc(OC)cc32)CCN(CCCc2ccccc2)CC1. The van der Waals surface area contributed by atoms with Crippen molar-refractivity contribution in [3.63, 3.8) is 0 Å². The highest BCUT2D eigenvalue weighted by molar-refractivity contribution is 5.80. The van der Waals surface area contributed by atoms with Gasteiger partial charge in [0.15, 0.2) is 0 Å². The van der Waals surface area contributed by atoms with Crippen molar-refractivity contribution in [2.24, 2.45) is 5.41 Å². The first kappa shape index (κ1) is 26.0. The summed E-state index contributed by atoms with van der Waals surface area (Å²) >= 11 is 0. The molecule has 0 aliphatic carbocycles. The number of methoxy groups -OCH3 is 1. The van der Waals surface area contributed by atoms with Crippen LogP contribution in [0, 0.1) is 5.41 Å². The summed E-state index contributed by atoms with van der Waals surface area (Å²) in [6.07, 6.45) is 5.25. The Bertz CT molecular complexity index is 1200. The number of fused-ring (bicyclic) bond motifs is 1. The molecule has 4 rings (SSSR count). The molecule has 1 aromatic heterocycles. The summed E-state index contributed by atoms with van der Waals surface area (Å²) in [5.41, 5.74) is 1.73. The van der Waals surface area contributed by atoms with Crippen molar-refractivity contribution in [3.05, 3.63) is 76.6 Å². The van der Waals surface area contributed by atoms with E-state index in [9.17, 15) is 9.59 Å². The zero-order valence-electron chi connectivity index (χ0n) is 21.6. The Labute approximate surface area is 213 Å². The number of rotatable bonds is 11. The van der Waals surface area contributed by atoms with E-state index in [-0.39, 0.29) is 11.5 Å². The maximum absolute atomic E-state index is 13.1. The average Bonchev–Trinajstić information content (AvgIpc) is 2.91. The van der Waals surface area contributed by atoms with Crippen LogP contribution in [0.3, 0.4) is 0 Å². The zero-order chi connectivity index (χ0) is 25.4. The van der Waals surface area contributed by atoms with Crippen molar-refractivity contribution in [2.45, 2.75) is 52.0 Å². The van der Waals surface area contributed by atoms with E-state index in [0.717, 1.165) is 74.8 Å². The Kier molecular flexibility index (Phi) is 8.81. The molecular weight excluding hydrogens is 452 g/mol. The number of aryl methyl sites for hydroxylation is 2. The number of hydrogen-bond donors (Lipinski definition) is 0. The first-order chi connectivity index (χ1) is 17.5. The monoisotopic (exact) mass is 490 g/mol. The molecule has 0 amide bonds. The van der Waals surface area contributed by atoms with E-state index < -0.39 is 5.41 Å². The van der Waals surface area contributed by atoms with Gasteiger partial charge in [0.25, 0.3) is 5.56 Å². The van der Waals surface area contributed by atoms with Crippen molar-refractivity contribution in [3.8, 4) is 5.75 Å². The largest absolute Gasteiger partial charge is 0.497 e. The predicted molar refractivity (Wildman–Crippen MR) is 143 cm³/mol. The van der Waals surface area contributed by atoms with Crippen LogP contribution in [0.5, 0.6) is 5.75 Å². The number of piperidine rings is 1. The Morgan fingerprint density at radius 1 is 0.972 bits per heavy atom. The lowest BCUT2D eigenvalue weighted by molar-refractivity contribution is -0.159. The number of nitrogens with zero attached hydrogens (tertiary/aromatic N) is 2. The van der Waals surface area contributed by atoms with E-state index in [1.165, 1.54) is 5.56 Å². The van der Waals surface area contributed by atoms with Gasteiger partial charge < -0.3 is 18.9 Å². The van der Waals surface area contributed by atoms with Crippen LogP contribution >= 0.6 is 0 Å². The van der Waals surface area contributed by atoms with Crippen LogP contribution in [0.4, 0.5) is 0 Å².